The van der Waals surface area contributed by atoms with Gasteiger partial charge in [-0.2, -0.15) is 0 Å². The molecule has 0 atom stereocenters. The Hall–Kier alpha value is 1.52. The van der Waals surface area contributed by atoms with Crippen LogP contribution in [0.1, 0.15) is 19.3 Å². The number of hydrogen-bond acceptors (Lipinski definition) is 3. The number of nitrogens with two attached hydrogens (primary N) is 2. The van der Waals surface area contributed by atoms with Gasteiger partial charge in [-0.15, -0.1) is 0 Å². The second kappa shape index (κ2) is 14.1. The van der Waals surface area contributed by atoms with E-state index in [1.165, 1.54) is 6.42 Å². The van der Waals surface area contributed by atoms with Crippen molar-refractivity contribution in [1.29, 1.82) is 0 Å². The van der Waals surface area contributed by atoms with Crippen LogP contribution in [0.5, 0.6) is 0 Å². The van der Waals surface area contributed by atoms with Crippen LogP contribution in [0.4, 0.5) is 0 Å². The van der Waals surface area contributed by atoms with E-state index < -0.39 is 0 Å². The maximum atomic E-state index is 5.32. The van der Waals surface area contributed by atoms with Crippen molar-refractivity contribution in [2.45, 2.75) is 19.3 Å². The molecule has 0 saturated carbocycles. The molecule has 0 aliphatic rings. The predicted octanol–water partition coefficient (Wildman–Crippen LogP) is -0.717. The normalized spacial score (nSPS) is 9.27. The van der Waals surface area contributed by atoms with Gasteiger partial charge >= 0.3 is 0 Å². The van der Waals surface area contributed by atoms with Crippen molar-refractivity contribution in [2.75, 3.05) is 26.2 Å². The summed E-state index contributed by atoms with van der Waals surface area (Å²) in [4.78, 5) is 0. The molecule has 1 radical (unpaired) electrons. The summed E-state index contributed by atoms with van der Waals surface area (Å²) in [7, 11) is 0. The van der Waals surface area contributed by atoms with Crippen LogP contribution in [-0.4, -0.2) is 77.6 Å². The molecule has 5 N–H and O–H groups in total. The van der Waals surface area contributed by atoms with E-state index in [0.717, 1.165) is 39.0 Å². The third kappa shape index (κ3) is 14.4. The van der Waals surface area contributed by atoms with Gasteiger partial charge in [0.1, 0.15) is 0 Å². The first-order chi connectivity index (χ1) is 4.91. The molecule has 0 bridgehead atoms. The number of rotatable bonds is 7. The molecule has 0 aromatic heterocycles. The van der Waals surface area contributed by atoms with Crippen LogP contribution in [0.2, 0.25) is 0 Å². The van der Waals surface area contributed by atoms with Crippen LogP contribution in [0, 0.1) is 0 Å². The largest absolute Gasteiger partial charge is 0.330 e. The Kier molecular flexibility index (Phi) is 19.2. The Bertz CT molecular complexity index is 53.6. The third-order valence-electron chi connectivity index (χ3n) is 1.37. The summed E-state index contributed by atoms with van der Waals surface area (Å²) in [6.45, 7) is 3.71. The molecule has 0 rings (SSSR count). The Morgan fingerprint density at radius 3 is 1.91 bits per heavy atom. The van der Waals surface area contributed by atoms with E-state index in [0.29, 0.717) is 0 Å². The number of nitrogens with one attached hydrogen (secondary N) is 1. The van der Waals surface area contributed by atoms with Gasteiger partial charge in [0.15, 0.2) is 0 Å². The fraction of sp³-hybridized carbons (Fsp3) is 1.00. The van der Waals surface area contributed by atoms with E-state index in [1.807, 2.05) is 0 Å². The molecule has 0 heterocycles. The minimum atomic E-state index is 0. The summed E-state index contributed by atoms with van der Waals surface area (Å²) in [5, 5.41) is 3.29. The molecule has 11 heavy (non-hydrogen) atoms. The molecule has 0 spiro atoms. The maximum Gasteiger partial charge on any atom is 0 e. The van der Waals surface area contributed by atoms with Gasteiger partial charge in [-0.05, 0) is 45.4 Å². The Labute approximate surface area is 112 Å². The van der Waals surface area contributed by atoms with Crippen LogP contribution in [-0.2, 0) is 0 Å². The zero-order chi connectivity index (χ0) is 7.66. The van der Waals surface area contributed by atoms with Crippen LogP contribution < -0.4 is 16.8 Å². The minimum Gasteiger partial charge on any atom is -0.330 e. The summed E-state index contributed by atoms with van der Waals surface area (Å²) < 4.78 is 0. The van der Waals surface area contributed by atoms with Gasteiger partial charge < -0.3 is 16.8 Å². The molecular formula is C7H19KN3. The number of hydrogen-bond donors (Lipinski definition) is 3. The van der Waals surface area contributed by atoms with Crippen molar-refractivity contribution in [3.05, 3.63) is 0 Å². The van der Waals surface area contributed by atoms with E-state index in [9.17, 15) is 0 Å². The van der Waals surface area contributed by atoms with Gasteiger partial charge in [0.25, 0.3) is 0 Å². The molecule has 63 valence electrons. The number of unbranched alkanes of at least 4 members (excludes halogenated alkanes) is 1. The monoisotopic (exact) mass is 184 g/mol. The Morgan fingerprint density at radius 1 is 0.818 bits per heavy atom. The van der Waals surface area contributed by atoms with E-state index in [1.54, 1.807) is 0 Å². The van der Waals surface area contributed by atoms with E-state index in [-0.39, 0.29) is 51.4 Å². The van der Waals surface area contributed by atoms with Crippen LogP contribution in [0.25, 0.3) is 0 Å². The van der Waals surface area contributed by atoms with Crippen molar-refractivity contribution in [1.82, 2.24) is 5.32 Å². The predicted molar refractivity (Wildman–Crippen MR) is 50.6 cm³/mol. The summed E-state index contributed by atoms with van der Waals surface area (Å²) in [5.74, 6) is 0. The first-order valence-electron chi connectivity index (χ1n) is 4.02. The van der Waals surface area contributed by atoms with Crippen molar-refractivity contribution in [3.8, 4) is 0 Å². The van der Waals surface area contributed by atoms with Gasteiger partial charge in [-0.3, -0.25) is 0 Å². The third-order valence-corrected chi connectivity index (χ3v) is 1.37. The molecule has 0 aliphatic heterocycles. The smallest absolute Gasteiger partial charge is 0 e. The standard InChI is InChI=1S/C7H19N3.K/c8-4-1-2-6-10-7-3-5-9;/h10H,1-9H2;. The zero-order valence-electron chi connectivity index (χ0n) is 7.60. The topological polar surface area (TPSA) is 64.1 Å². The SMILES string of the molecule is NCCCCNCCCN.[K]. The second-order valence-electron chi connectivity index (χ2n) is 2.39. The van der Waals surface area contributed by atoms with Crippen LogP contribution in [0.15, 0.2) is 0 Å². The molecule has 4 heteroatoms. The fourth-order valence-electron chi connectivity index (χ4n) is 0.746. The molecule has 0 aliphatic carbocycles. The van der Waals surface area contributed by atoms with Gasteiger partial charge in [0, 0.05) is 51.4 Å². The van der Waals surface area contributed by atoms with Gasteiger partial charge in [-0.25, -0.2) is 0 Å². The first kappa shape index (κ1) is 15.0. The zero-order valence-corrected chi connectivity index (χ0v) is 10.7. The Morgan fingerprint density at radius 2 is 1.36 bits per heavy atom. The van der Waals surface area contributed by atoms with Crippen LogP contribution in [0.3, 0.4) is 0 Å². The molecule has 0 aromatic rings. The summed E-state index contributed by atoms with van der Waals surface area (Å²) in [6, 6.07) is 0. The second-order valence-corrected chi connectivity index (χ2v) is 2.39. The average molecular weight is 184 g/mol. The van der Waals surface area contributed by atoms with Gasteiger partial charge in [0.05, 0.1) is 0 Å². The molecule has 0 amide bonds. The first-order valence-corrected chi connectivity index (χ1v) is 4.02. The Balaban J connectivity index is 0. The average Bonchev–Trinajstić information content (AvgIpc) is 1.97. The van der Waals surface area contributed by atoms with Crippen molar-refractivity contribution >= 4 is 51.4 Å². The summed E-state index contributed by atoms with van der Waals surface area (Å²) in [5.41, 5.74) is 10.6. The van der Waals surface area contributed by atoms with E-state index in [2.05, 4.69) is 5.32 Å². The van der Waals surface area contributed by atoms with Crippen LogP contribution >= 0.6 is 0 Å². The van der Waals surface area contributed by atoms with Crippen molar-refractivity contribution in [3.63, 3.8) is 0 Å². The molecule has 0 fully saturated rings. The van der Waals surface area contributed by atoms with E-state index >= 15 is 0 Å². The quantitative estimate of drug-likeness (QED) is 0.361. The molecular weight excluding hydrogens is 165 g/mol. The molecule has 0 aromatic carbocycles. The molecule has 0 unspecified atom stereocenters. The van der Waals surface area contributed by atoms with E-state index in [4.69, 9.17) is 11.5 Å². The van der Waals surface area contributed by atoms with Crippen molar-refractivity contribution in [2.24, 2.45) is 11.5 Å². The fourth-order valence-corrected chi connectivity index (χ4v) is 0.746. The maximum absolute atomic E-state index is 5.32. The summed E-state index contributed by atoms with van der Waals surface area (Å²) >= 11 is 0. The van der Waals surface area contributed by atoms with Gasteiger partial charge in [-0.1, -0.05) is 0 Å². The molecule has 0 saturated heterocycles. The van der Waals surface area contributed by atoms with Gasteiger partial charge in [0.2, 0.25) is 0 Å². The summed E-state index contributed by atoms with van der Waals surface area (Å²) in [6.07, 6.45) is 3.37. The minimum absolute atomic E-state index is 0. The molecule has 3 nitrogen and oxygen atoms in total. The van der Waals surface area contributed by atoms with Crippen molar-refractivity contribution < 1.29 is 0 Å².